The maximum Gasteiger partial charge on any atom is 0.216 e. The Morgan fingerprint density at radius 3 is 2.93 bits per heavy atom. The Hall–Kier alpha value is -1.24. The van der Waals surface area contributed by atoms with Gasteiger partial charge in [-0.1, -0.05) is 0 Å². The van der Waals surface area contributed by atoms with E-state index in [9.17, 15) is 0 Å². The lowest BCUT2D eigenvalue weighted by Gasteiger charge is -2.14. The van der Waals surface area contributed by atoms with E-state index in [1.807, 2.05) is 6.92 Å². The normalized spacial score (nSPS) is 12.5. The van der Waals surface area contributed by atoms with Crippen molar-refractivity contribution in [1.29, 1.82) is 0 Å². The number of methoxy groups -OCH3 is 1. The van der Waals surface area contributed by atoms with Gasteiger partial charge in [-0.05, 0) is 6.92 Å². The smallest absolute Gasteiger partial charge is 0.216 e. The van der Waals surface area contributed by atoms with Crippen molar-refractivity contribution < 1.29 is 9.47 Å². The minimum Gasteiger partial charge on any atom is -0.481 e. The van der Waals surface area contributed by atoms with E-state index in [-0.39, 0.29) is 6.04 Å². The fourth-order valence-electron chi connectivity index (χ4n) is 1.11. The predicted octanol–water partition coefficient (Wildman–Crippen LogP) is 0.0261. The molecule has 0 radical (unpaired) electrons. The van der Waals surface area contributed by atoms with E-state index in [1.165, 1.54) is 6.33 Å². The summed E-state index contributed by atoms with van der Waals surface area (Å²) in [4.78, 5) is 8.01. The van der Waals surface area contributed by atoms with E-state index in [2.05, 4.69) is 15.4 Å². The van der Waals surface area contributed by atoms with Gasteiger partial charge in [-0.2, -0.15) is 0 Å². The molecule has 0 aliphatic rings. The molecule has 0 fully saturated rings. The van der Waals surface area contributed by atoms with Crippen LogP contribution in [0.5, 0.6) is 5.88 Å². The molecule has 0 saturated heterocycles. The van der Waals surface area contributed by atoms with E-state index in [4.69, 9.17) is 15.3 Å². The third-order valence-electron chi connectivity index (χ3n) is 1.92. The molecule has 6 nitrogen and oxygen atoms in total. The highest BCUT2D eigenvalue weighted by Crippen LogP contribution is 2.13. The molecule has 0 aliphatic carbocycles. The van der Waals surface area contributed by atoms with E-state index in [1.54, 1.807) is 13.2 Å². The van der Waals surface area contributed by atoms with Gasteiger partial charge in [-0.15, -0.1) is 0 Å². The maximum atomic E-state index is 5.41. The average Bonchev–Trinajstić information content (AvgIpc) is 2.30. The molecule has 0 bridgehead atoms. The molecule has 0 aromatic carbocycles. The van der Waals surface area contributed by atoms with Crippen molar-refractivity contribution >= 4 is 0 Å². The molecule has 1 unspecified atom stereocenters. The standard InChI is InChI=1S/C9H16N4O2/c1-3-15-5-8(13-10)7-4-9(14-2)12-6-11-7/h4,6,8,13H,3,5,10H2,1-2H3. The Kier molecular flexibility index (Phi) is 4.96. The average molecular weight is 212 g/mol. The Morgan fingerprint density at radius 1 is 1.53 bits per heavy atom. The second-order valence-corrected chi connectivity index (χ2v) is 2.86. The molecule has 84 valence electrons. The maximum absolute atomic E-state index is 5.41. The molecule has 1 aromatic heterocycles. The van der Waals surface area contributed by atoms with E-state index >= 15 is 0 Å². The SMILES string of the molecule is CCOCC(NN)c1cc(OC)ncn1. The summed E-state index contributed by atoms with van der Waals surface area (Å²) < 4.78 is 10.3. The first-order valence-corrected chi connectivity index (χ1v) is 4.71. The number of nitrogens with zero attached hydrogens (tertiary/aromatic N) is 2. The van der Waals surface area contributed by atoms with Gasteiger partial charge in [-0.25, -0.2) is 15.4 Å². The van der Waals surface area contributed by atoms with Crippen molar-refractivity contribution in [2.24, 2.45) is 5.84 Å². The molecule has 0 aliphatic heterocycles. The van der Waals surface area contributed by atoms with Crippen LogP contribution in [0.2, 0.25) is 0 Å². The van der Waals surface area contributed by atoms with Gasteiger partial charge in [0, 0.05) is 12.7 Å². The van der Waals surface area contributed by atoms with Gasteiger partial charge >= 0.3 is 0 Å². The highest BCUT2D eigenvalue weighted by atomic mass is 16.5. The quantitative estimate of drug-likeness (QED) is 0.511. The summed E-state index contributed by atoms with van der Waals surface area (Å²) >= 11 is 0. The van der Waals surface area contributed by atoms with Gasteiger partial charge in [0.2, 0.25) is 5.88 Å². The van der Waals surface area contributed by atoms with Crippen LogP contribution < -0.4 is 16.0 Å². The summed E-state index contributed by atoms with van der Waals surface area (Å²) in [6, 6.07) is 1.57. The van der Waals surface area contributed by atoms with Crippen LogP contribution in [0, 0.1) is 0 Å². The van der Waals surface area contributed by atoms with Crippen LogP contribution in [0.3, 0.4) is 0 Å². The lowest BCUT2D eigenvalue weighted by atomic mass is 10.2. The Bertz CT molecular complexity index is 295. The van der Waals surface area contributed by atoms with Crippen molar-refractivity contribution in [2.45, 2.75) is 13.0 Å². The third-order valence-corrected chi connectivity index (χ3v) is 1.92. The zero-order valence-corrected chi connectivity index (χ0v) is 8.93. The number of hydrazine groups is 1. The molecule has 0 spiro atoms. The molecule has 1 atom stereocenters. The summed E-state index contributed by atoms with van der Waals surface area (Å²) in [7, 11) is 1.56. The molecule has 1 aromatic rings. The van der Waals surface area contributed by atoms with Crippen molar-refractivity contribution in [2.75, 3.05) is 20.3 Å². The first kappa shape index (κ1) is 11.8. The van der Waals surface area contributed by atoms with E-state index in [0.717, 1.165) is 5.69 Å². The molecule has 0 amide bonds. The molecule has 1 rings (SSSR count). The largest absolute Gasteiger partial charge is 0.481 e. The fraction of sp³-hybridized carbons (Fsp3) is 0.556. The lowest BCUT2D eigenvalue weighted by molar-refractivity contribution is 0.122. The summed E-state index contributed by atoms with van der Waals surface area (Å²) in [5, 5.41) is 0. The third kappa shape index (κ3) is 3.43. The molecule has 0 saturated carbocycles. The van der Waals surface area contributed by atoms with Gasteiger partial charge in [0.25, 0.3) is 0 Å². The number of nitrogens with one attached hydrogen (secondary N) is 1. The molecule has 15 heavy (non-hydrogen) atoms. The zero-order valence-electron chi connectivity index (χ0n) is 8.93. The van der Waals surface area contributed by atoms with Gasteiger partial charge in [0.1, 0.15) is 6.33 Å². The zero-order chi connectivity index (χ0) is 11.1. The number of hydrogen-bond donors (Lipinski definition) is 2. The van der Waals surface area contributed by atoms with Crippen LogP contribution in [0.1, 0.15) is 18.7 Å². The molecule has 6 heteroatoms. The van der Waals surface area contributed by atoms with Gasteiger partial charge < -0.3 is 9.47 Å². The highest BCUT2D eigenvalue weighted by molar-refractivity contribution is 5.16. The van der Waals surface area contributed by atoms with E-state index < -0.39 is 0 Å². The van der Waals surface area contributed by atoms with Crippen LogP contribution in [0.25, 0.3) is 0 Å². The second-order valence-electron chi connectivity index (χ2n) is 2.86. The Balaban J connectivity index is 2.72. The summed E-state index contributed by atoms with van der Waals surface area (Å²) in [6.07, 6.45) is 1.43. The molecular formula is C9H16N4O2. The summed E-state index contributed by atoms with van der Waals surface area (Å²) in [6.45, 7) is 3.03. The van der Waals surface area contributed by atoms with Crippen molar-refractivity contribution in [1.82, 2.24) is 15.4 Å². The van der Waals surface area contributed by atoms with Crippen LogP contribution in [0.4, 0.5) is 0 Å². The Labute approximate surface area is 88.8 Å². The summed E-state index contributed by atoms with van der Waals surface area (Å²) in [5.74, 6) is 5.92. The number of aromatic nitrogens is 2. The van der Waals surface area contributed by atoms with Crippen molar-refractivity contribution in [3.05, 3.63) is 18.1 Å². The van der Waals surface area contributed by atoms with Gasteiger partial charge in [0.05, 0.1) is 25.5 Å². The molecule has 3 N–H and O–H groups in total. The lowest BCUT2D eigenvalue weighted by Crippen LogP contribution is -2.32. The molecule has 1 heterocycles. The topological polar surface area (TPSA) is 82.3 Å². The Morgan fingerprint density at radius 2 is 2.33 bits per heavy atom. The predicted molar refractivity (Wildman–Crippen MR) is 55.1 cm³/mol. The molecular weight excluding hydrogens is 196 g/mol. The van der Waals surface area contributed by atoms with Crippen molar-refractivity contribution in [3.63, 3.8) is 0 Å². The van der Waals surface area contributed by atoms with Crippen LogP contribution in [-0.2, 0) is 4.74 Å². The van der Waals surface area contributed by atoms with Gasteiger partial charge in [-0.3, -0.25) is 5.84 Å². The first-order valence-electron chi connectivity index (χ1n) is 4.71. The van der Waals surface area contributed by atoms with Crippen LogP contribution in [0.15, 0.2) is 12.4 Å². The fourth-order valence-corrected chi connectivity index (χ4v) is 1.11. The summed E-state index contributed by atoms with van der Waals surface area (Å²) in [5.41, 5.74) is 3.38. The number of nitrogens with two attached hydrogens (primary N) is 1. The van der Waals surface area contributed by atoms with Crippen molar-refractivity contribution in [3.8, 4) is 5.88 Å². The number of ether oxygens (including phenoxy) is 2. The monoisotopic (exact) mass is 212 g/mol. The van der Waals surface area contributed by atoms with E-state index in [0.29, 0.717) is 19.1 Å². The second kappa shape index (κ2) is 6.28. The highest BCUT2D eigenvalue weighted by Gasteiger charge is 2.12. The van der Waals surface area contributed by atoms with Crippen LogP contribution in [-0.4, -0.2) is 30.3 Å². The number of hydrogen-bond acceptors (Lipinski definition) is 6. The minimum atomic E-state index is -0.151. The first-order chi connectivity index (χ1) is 7.31. The number of rotatable bonds is 6. The van der Waals surface area contributed by atoms with Gasteiger partial charge in [0.15, 0.2) is 0 Å². The van der Waals surface area contributed by atoms with Crippen LogP contribution >= 0.6 is 0 Å². The minimum absolute atomic E-state index is 0.151.